The second-order valence-corrected chi connectivity index (χ2v) is 5.62. The normalized spacial score (nSPS) is 16.2. The summed E-state index contributed by atoms with van der Waals surface area (Å²) in [5, 5.41) is 0. The summed E-state index contributed by atoms with van der Waals surface area (Å²) in [7, 11) is -3.73. The van der Waals surface area contributed by atoms with Gasteiger partial charge in [-0.25, -0.2) is 0 Å². The van der Waals surface area contributed by atoms with Crippen LogP contribution in [0.15, 0.2) is 22.6 Å². The Morgan fingerprint density at radius 1 is 1.37 bits per heavy atom. The molecule has 0 spiro atoms. The highest BCUT2D eigenvalue weighted by atomic mass is 32.2. The number of rotatable bonds is 5. The van der Waals surface area contributed by atoms with Crippen molar-refractivity contribution < 1.29 is 13.2 Å². The van der Waals surface area contributed by atoms with Crippen LogP contribution < -0.4 is 15.2 Å². The first-order chi connectivity index (χ1) is 9.03. The number of hydrogen-bond acceptors (Lipinski definition) is 4. The van der Waals surface area contributed by atoms with Gasteiger partial charge in [0, 0.05) is 0 Å². The first-order valence-electron chi connectivity index (χ1n) is 6.18. The molecule has 0 saturated carbocycles. The Hall–Kier alpha value is -1.76. The minimum Gasteiger partial charge on any atom is -0.493 e. The fourth-order valence-corrected chi connectivity index (χ4v) is 2.72. The number of ether oxygens (including phenoxy) is 1. The Kier molecular flexibility index (Phi) is 3.94. The van der Waals surface area contributed by atoms with Crippen LogP contribution in [0.5, 0.6) is 5.75 Å². The molecular weight excluding hydrogens is 266 g/mol. The Morgan fingerprint density at radius 2 is 2.16 bits per heavy atom. The van der Waals surface area contributed by atoms with Gasteiger partial charge in [0.05, 0.1) is 17.9 Å². The van der Waals surface area contributed by atoms with Gasteiger partial charge in [0.1, 0.15) is 5.75 Å². The van der Waals surface area contributed by atoms with Crippen LogP contribution in [0.2, 0.25) is 0 Å². The fourth-order valence-electron chi connectivity index (χ4n) is 1.87. The SMILES string of the molecule is CCCCCOc1cccc2c1C(N)=NS(=O)(=O)N2. The standard InChI is InChI=1S/C12H17N3O3S/c1-2-3-4-8-18-10-7-5-6-9-11(10)12(13)15-19(16,17)14-9/h5-7,14H,2-4,8H2,1H3,(H2,13,15). The second-order valence-electron chi connectivity index (χ2n) is 4.29. The third-order valence-electron chi connectivity index (χ3n) is 2.75. The average molecular weight is 283 g/mol. The van der Waals surface area contributed by atoms with Crippen LogP contribution in [0.4, 0.5) is 5.69 Å². The number of nitrogens with one attached hydrogen (secondary N) is 1. The number of benzene rings is 1. The van der Waals surface area contributed by atoms with Crippen LogP contribution in [0.1, 0.15) is 31.7 Å². The van der Waals surface area contributed by atoms with Gasteiger partial charge in [-0.3, -0.25) is 4.72 Å². The third-order valence-corrected chi connectivity index (χ3v) is 3.66. The van der Waals surface area contributed by atoms with E-state index in [1.807, 2.05) is 0 Å². The van der Waals surface area contributed by atoms with E-state index in [-0.39, 0.29) is 5.84 Å². The molecular formula is C12H17N3O3S. The van der Waals surface area contributed by atoms with Crippen molar-refractivity contribution in [2.75, 3.05) is 11.3 Å². The van der Waals surface area contributed by atoms with Crippen LogP contribution in [0.25, 0.3) is 0 Å². The predicted octanol–water partition coefficient (Wildman–Crippen LogP) is 1.63. The van der Waals surface area contributed by atoms with E-state index in [4.69, 9.17) is 10.5 Å². The molecule has 19 heavy (non-hydrogen) atoms. The molecule has 6 nitrogen and oxygen atoms in total. The van der Waals surface area contributed by atoms with Gasteiger partial charge in [-0.05, 0) is 18.6 Å². The van der Waals surface area contributed by atoms with Gasteiger partial charge in [-0.1, -0.05) is 25.8 Å². The first-order valence-corrected chi connectivity index (χ1v) is 7.62. The van der Waals surface area contributed by atoms with E-state index in [9.17, 15) is 8.42 Å². The van der Waals surface area contributed by atoms with Gasteiger partial charge in [-0.15, -0.1) is 4.40 Å². The van der Waals surface area contributed by atoms with Crippen molar-refractivity contribution in [2.24, 2.45) is 10.1 Å². The zero-order chi connectivity index (χ0) is 13.9. The quantitative estimate of drug-likeness (QED) is 0.803. The molecule has 0 fully saturated rings. The lowest BCUT2D eigenvalue weighted by Crippen LogP contribution is -2.27. The molecule has 1 heterocycles. The molecule has 0 saturated heterocycles. The van der Waals surface area contributed by atoms with Gasteiger partial charge in [0.25, 0.3) is 0 Å². The molecule has 104 valence electrons. The fraction of sp³-hybridized carbons (Fsp3) is 0.417. The van der Waals surface area contributed by atoms with E-state index in [0.29, 0.717) is 23.6 Å². The molecule has 0 atom stereocenters. The smallest absolute Gasteiger partial charge is 0.344 e. The van der Waals surface area contributed by atoms with E-state index in [0.717, 1.165) is 19.3 Å². The lowest BCUT2D eigenvalue weighted by Gasteiger charge is -2.19. The Balaban J connectivity index is 2.24. The highest BCUT2D eigenvalue weighted by Gasteiger charge is 2.24. The third kappa shape index (κ3) is 3.17. The molecule has 0 bridgehead atoms. The van der Waals surface area contributed by atoms with E-state index < -0.39 is 10.2 Å². The summed E-state index contributed by atoms with van der Waals surface area (Å²) in [6.45, 7) is 2.69. The summed E-state index contributed by atoms with van der Waals surface area (Å²) in [6, 6.07) is 5.11. The average Bonchev–Trinajstić information content (AvgIpc) is 2.32. The molecule has 0 amide bonds. The lowest BCUT2D eigenvalue weighted by atomic mass is 10.1. The maximum absolute atomic E-state index is 11.4. The number of fused-ring (bicyclic) bond motifs is 1. The van der Waals surface area contributed by atoms with E-state index in [1.165, 1.54) is 0 Å². The number of unbranched alkanes of at least 4 members (excludes halogenated alkanes) is 2. The highest BCUT2D eigenvalue weighted by Crippen LogP contribution is 2.30. The van der Waals surface area contributed by atoms with Gasteiger partial charge < -0.3 is 10.5 Å². The number of hydrogen-bond donors (Lipinski definition) is 2. The molecule has 2 rings (SSSR count). The molecule has 1 aromatic carbocycles. The molecule has 7 heteroatoms. The van der Waals surface area contributed by atoms with Crippen LogP contribution in [-0.2, 0) is 10.2 Å². The largest absolute Gasteiger partial charge is 0.493 e. The monoisotopic (exact) mass is 283 g/mol. The summed E-state index contributed by atoms with van der Waals surface area (Å²) in [5.74, 6) is 0.511. The molecule has 1 aromatic rings. The van der Waals surface area contributed by atoms with E-state index >= 15 is 0 Å². The Labute approximate surface area is 112 Å². The van der Waals surface area contributed by atoms with Crippen LogP contribution >= 0.6 is 0 Å². The molecule has 3 N–H and O–H groups in total. The Bertz CT molecular complexity index is 596. The van der Waals surface area contributed by atoms with E-state index in [1.54, 1.807) is 18.2 Å². The van der Waals surface area contributed by atoms with Gasteiger partial charge in [-0.2, -0.15) is 8.42 Å². The molecule has 0 aliphatic carbocycles. The van der Waals surface area contributed by atoms with E-state index in [2.05, 4.69) is 16.0 Å². The zero-order valence-corrected chi connectivity index (χ0v) is 11.5. The summed E-state index contributed by atoms with van der Waals surface area (Å²) in [5.41, 5.74) is 6.62. The second kappa shape index (κ2) is 5.48. The summed E-state index contributed by atoms with van der Waals surface area (Å²) >= 11 is 0. The Morgan fingerprint density at radius 3 is 2.89 bits per heavy atom. The topological polar surface area (TPSA) is 93.8 Å². The molecule has 1 aliphatic heterocycles. The van der Waals surface area contributed by atoms with Crippen LogP contribution in [0, 0.1) is 0 Å². The van der Waals surface area contributed by atoms with Gasteiger partial charge in [0.15, 0.2) is 5.84 Å². The van der Waals surface area contributed by atoms with Crippen molar-refractivity contribution in [3.8, 4) is 5.75 Å². The van der Waals surface area contributed by atoms with Crippen LogP contribution in [-0.4, -0.2) is 20.9 Å². The van der Waals surface area contributed by atoms with Gasteiger partial charge >= 0.3 is 10.2 Å². The minimum absolute atomic E-state index is 0.0418. The highest BCUT2D eigenvalue weighted by molar-refractivity contribution is 7.91. The molecule has 0 radical (unpaired) electrons. The van der Waals surface area contributed by atoms with Crippen molar-refractivity contribution in [3.05, 3.63) is 23.8 Å². The number of amidine groups is 1. The first kappa shape index (κ1) is 13.7. The van der Waals surface area contributed by atoms with Crippen molar-refractivity contribution in [1.29, 1.82) is 0 Å². The summed E-state index contributed by atoms with van der Waals surface area (Å²) < 4.78 is 34.2. The van der Waals surface area contributed by atoms with Gasteiger partial charge in [0.2, 0.25) is 0 Å². The number of anilines is 1. The summed E-state index contributed by atoms with van der Waals surface area (Å²) in [6.07, 6.45) is 3.15. The predicted molar refractivity (Wildman–Crippen MR) is 74.7 cm³/mol. The lowest BCUT2D eigenvalue weighted by molar-refractivity contribution is 0.306. The zero-order valence-electron chi connectivity index (χ0n) is 10.7. The van der Waals surface area contributed by atoms with Crippen molar-refractivity contribution in [3.63, 3.8) is 0 Å². The molecule has 1 aliphatic rings. The molecule has 0 unspecified atom stereocenters. The number of nitrogens with zero attached hydrogens (tertiary/aromatic N) is 1. The number of nitrogens with two attached hydrogens (primary N) is 1. The molecule has 0 aromatic heterocycles. The maximum Gasteiger partial charge on any atom is 0.344 e. The van der Waals surface area contributed by atoms with Crippen molar-refractivity contribution in [1.82, 2.24) is 0 Å². The van der Waals surface area contributed by atoms with Crippen molar-refractivity contribution >= 4 is 21.7 Å². The van der Waals surface area contributed by atoms with Crippen molar-refractivity contribution in [2.45, 2.75) is 26.2 Å². The maximum atomic E-state index is 11.4. The minimum atomic E-state index is -3.73. The van der Waals surface area contributed by atoms with Crippen LogP contribution in [0.3, 0.4) is 0 Å². The summed E-state index contributed by atoms with van der Waals surface area (Å²) in [4.78, 5) is 0.